The highest BCUT2D eigenvalue weighted by Gasteiger charge is 2.37. The van der Waals surface area contributed by atoms with Crippen LogP contribution >= 0.6 is 0 Å². The molecule has 0 spiro atoms. The van der Waals surface area contributed by atoms with Crippen molar-refractivity contribution in [3.05, 3.63) is 59.4 Å². The van der Waals surface area contributed by atoms with E-state index in [9.17, 15) is 26.0 Å². The number of hydrogen-bond acceptors (Lipinski definition) is 3. The lowest BCUT2D eigenvalue weighted by Crippen LogP contribution is -2.19. The molecule has 0 bridgehead atoms. The number of halogens is 4. The fourth-order valence-electron chi connectivity index (χ4n) is 1.86. The quantitative estimate of drug-likeness (QED) is 0.866. The molecule has 2 aromatic rings. The van der Waals surface area contributed by atoms with Crippen LogP contribution in [0.2, 0.25) is 0 Å². The Balaban J connectivity index is 2.55. The van der Waals surface area contributed by atoms with Crippen molar-refractivity contribution in [3.63, 3.8) is 0 Å². The van der Waals surface area contributed by atoms with Crippen LogP contribution in [-0.2, 0) is 16.2 Å². The largest absolute Gasteiger partial charge is 0.417 e. The minimum atomic E-state index is -4.88. The zero-order valence-corrected chi connectivity index (χ0v) is 12.0. The predicted octanol–water partition coefficient (Wildman–Crippen LogP) is 3.52. The molecule has 0 unspecified atom stereocenters. The van der Waals surface area contributed by atoms with E-state index in [4.69, 9.17) is 5.26 Å². The van der Waals surface area contributed by atoms with Gasteiger partial charge in [-0.05, 0) is 24.3 Å². The lowest BCUT2D eigenvalue weighted by atomic mass is 10.2. The number of sulfonamides is 1. The monoisotopic (exact) mass is 344 g/mol. The van der Waals surface area contributed by atoms with Crippen LogP contribution in [-0.4, -0.2) is 8.42 Å². The fourth-order valence-corrected chi connectivity index (χ4v) is 3.16. The summed E-state index contributed by atoms with van der Waals surface area (Å²) in [7, 11) is -4.66. The lowest BCUT2D eigenvalue weighted by Gasteiger charge is -2.15. The first-order valence-electron chi connectivity index (χ1n) is 6.04. The number of benzene rings is 2. The summed E-state index contributed by atoms with van der Waals surface area (Å²) in [5.74, 6) is -0.989. The van der Waals surface area contributed by atoms with E-state index in [1.807, 2.05) is 4.72 Å². The molecule has 1 N–H and O–H groups in total. The third-order valence-electron chi connectivity index (χ3n) is 2.85. The Morgan fingerprint density at radius 3 is 2.30 bits per heavy atom. The second kappa shape index (κ2) is 5.89. The molecule has 0 radical (unpaired) electrons. The summed E-state index contributed by atoms with van der Waals surface area (Å²) in [4.78, 5) is -1.01. The summed E-state index contributed by atoms with van der Waals surface area (Å²) in [5, 5.41) is 8.85. The Morgan fingerprint density at radius 2 is 1.70 bits per heavy atom. The third kappa shape index (κ3) is 3.43. The maximum atomic E-state index is 13.5. The van der Waals surface area contributed by atoms with Gasteiger partial charge in [0.2, 0.25) is 0 Å². The van der Waals surface area contributed by atoms with Gasteiger partial charge in [0.1, 0.15) is 17.4 Å². The van der Waals surface area contributed by atoms with Gasteiger partial charge in [-0.25, -0.2) is 12.8 Å². The number of anilines is 1. The summed E-state index contributed by atoms with van der Waals surface area (Å²) in [6, 6.07) is 8.16. The zero-order chi connectivity index (χ0) is 17.3. The van der Waals surface area contributed by atoms with Gasteiger partial charge in [-0.15, -0.1) is 0 Å². The van der Waals surface area contributed by atoms with Gasteiger partial charge in [0, 0.05) is 0 Å². The first kappa shape index (κ1) is 16.8. The minimum Gasteiger partial charge on any atom is -0.278 e. The van der Waals surface area contributed by atoms with E-state index < -0.39 is 43.7 Å². The van der Waals surface area contributed by atoms with Gasteiger partial charge in [-0.1, -0.05) is 18.2 Å². The maximum absolute atomic E-state index is 13.5. The standard InChI is InChI=1S/C14H8F4N2O2S/c15-11-5-3-6-12(9(11)8-19)20-23(21,22)13-7-2-1-4-10(13)14(16,17)18/h1-7,20H. The average Bonchev–Trinajstić information content (AvgIpc) is 2.46. The molecule has 0 aliphatic rings. The Kier molecular flexibility index (Phi) is 4.29. The van der Waals surface area contributed by atoms with E-state index >= 15 is 0 Å². The molecule has 0 atom stereocenters. The van der Waals surface area contributed by atoms with Gasteiger partial charge in [0.05, 0.1) is 16.1 Å². The first-order valence-corrected chi connectivity index (χ1v) is 7.53. The molecular weight excluding hydrogens is 336 g/mol. The maximum Gasteiger partial charge on any atom is 0.417 e. The molecule has 4 nitrogen and oxygen atoms in total. The molecule has 23 heavy (non-hydrogen) atoms. The molecule has 0 aromatic heterocycles. The smallest absolute Gasteiger partial charge is 0.278 e. The normalized spacial score (nSPS) is 11.8. The van der Waals surface area contributed by atoms with Crippen molar-refractivity contribution in [1.82, 2.24) is 0 Å². The van der Waals surface area contributed by atoms with Crippen LogP contribution in [0.4, 0.5) is 23.2 Å². The molecule has 0 saturated carbocycles. The van der Waals surface area contributed by atoms with E-state index in [0.717, 1.165) is 36.4 Å². The second-order valence-electron chi connectivity index (χ2n) is 4.37. The second-order valence-corrected chi connectivity index (χ2v) is 6.02. The summed E-state index contributed by atoms with van der Waals surface area (Å²) in [6.45, 7) is 0. The Bertz CT molecular complexity index is 886. The minimum absolute atomic E-state index is 0.440. The topological polar surface area (TPSA) is 70.0 Å². The van der Waals surface area contributed by atoms with Gasteiger partial charge in [-0.3, -0.25) is 4.72 Å². The molecule has 0 aliphatic carbocycles. The average molecular weight is 344 g/mol. The van der Waals surface area contributed by atoms with E-state index in [0.29, 0.717) is 6.07 Å². The highest BCUT2D eigenvalue weighted by Crippen LogP contribution is 2.34. The van der Waals surface area contributed by atoms with Gasteiger partial charge in [0.25, 0.3) is 10.0 Å². The molecule has 9 heteroatoms. The molecule has 0 saturated heterocycles. The summed E-state index contributed by atoms with van der Waals surface area (Å²) < 4.78 is 78.5. The summed E-state index contributed by atoms with van der Waals surface area (Å²) in [6.07, 6.45) is -4.88. The third-order valence-corrected chi connectivity index (χ3v) is 4.28. The summed E-state index contributed by atoms with van der Waals surface area (Å²) in [5.41, 5.74) is -2.41. The van der Waals surface area contributed by atoms with Crippen LogP contribution in [0.3, 0.4) is 0 Å². The fraction of sp³-hybridized carbons (Fsp3) is 0.0714. The van der Waals surface area contributed by atoms with Gasteiger partial charge in [-0.2, -0.15) is 18.4 Å². The Hall–Kier alpha value is -2.60. The molecule has 0 aliphatic heterocycles. The number of hydrogen-bond donors (Lipinski definition) is 1. The van der Waals surface area contributed by atoms with Crippen molar-refractivity contribution in [3.8, 4) is 6.07 Å². The predicted molar refractivity (Wildman–Crippen MR) is 73.4 cm³/mol. The van der Waals surface area contributed by atoms with E-state index in [1.165, 1.54) is 6.07 Å². The number of rotatable bonds is 3. The van der Waals surface area contributed by atoms with Gasteiger partial charge < -0.3 is 0 Å². The number of nitriles is 1. The van der Waals surface area contributed by atoms with Crippen LogP contribution in [0.25, 0.3) is 0 Å². The highest BCUT2D eigenvalue weighted by molar-refractivity contribution is 7.92. The van der Waals surface area contributed by atoms with Crippen molar-refractivity contribution < 1.29 is 26.0 Å². The van der Waals surface area contributed by atoms with Crippen molar-refractivity contribution in [1.29, 1.82) is 5.26 Å². The number of nitrogens with zero attached hydrogens (tertiary/aromatic N) is 1. The van der Waals surface area contributed by atoms with Crippen molar-refractivity contribution in [2.45, 2.75) is 11.1 Å². The van der Waals surface area contributed by atoms with Crippen LogP contribution < -0.4 is 4.72 Å². The Labute approximate surface area is 129 Å². The number of nitrogens with one attached hydrogen (secondary N) is 1. The molecule has 0 amide bonds. The molecule has 120 valence electrons. The molecule has 2 aromatic carbocycles. The van der Waals surface area contributed by atoms with E-state index in [1.54, 1.807) is 0 Å². The molecule has 2 rings (SSSR count). The van der Waals surface area contributed by atoms with E-state index in [2.05, 4.69) is 0 Å². The van der Waals surface area contributed by atoms with Crippen molar-refractivity contribution >= 4 is 15.7 Å². The molecule has 0 heterocycles. The Morgan fingerprint density at radius 1 is 1.04 bits per heavy atom. The van der Waals surface area contributed by atoms with Crippen molar-refractivity contribution in [2.24, 2.45) is 0 Å². The van der Waals surface area contributed by atoms with E-state index in [-0.39, 0.29) is 0 Å². The van der Waals surface area contributed by atoms with Crippen molar-refractivity contribution in [2.75, 3.05) is 4.72 Å². The van der Waals surface area contributed by atoms with Gasteiger partial charge in [0.15, 0.2) is 0 Å². The highest BCUT2D eigenvalue weighted by atomic mass is 32.2. The van der Waals surface area contributed by atoms with Crippen LogP contribution in [0, 0.1) is 17.1 Å². The van der Waals surface area contributed by atoms with Crippen LogP contribution in [0.5, 0.6) is 0 Å². The molecular formula is C14H8F4N2O2S. The zero-order valence-electron chi connectivity index (χ0n) is 11.2. The van der Waals surface area contributed by atoms with Gasteiger partial charge >= 0.3 is 6.18 Å². The van der Waals surface area contributed by atoms with Crippen LogP contribution in [0.15, 0.2) is 47.4 Å². The summed E-state index contributed by atoms with van der Waals surface area (Å²) >= 11 is 0. The first-order chi connectivity index (χ1) is 10.7. The van der Waals surface area contributed by atoms with Crippen LogP contribution in [0.1, 0.15) is 11.1 Å². The lowest BCUT2D eigenvalue weighted by molar-refractivity contribution is -0.139. The number of alkyl halides is 3. The molecule has 0 fully saturated rings. The SMILES string of the molecule is N#Cc1c(F)cccc1NS(=O)(=O)c1ccccc1C(F)(F)F.